The Bertz CT molecular complexity index is 300. The van der Waals surface area contributed by atoms with Crippen LogP contribution in [-0.2, 0) is 0 Å². The normalized spacial score (nSPS) is 23.8. The van der Waals surface area contributed by atoms with Crippen LogP contribution in [-0.4, -0.2) is 22.1 Å². The molecule has 0 aromatic carbocycles. The fourth-order valence-electron chi connectivity index (χ4n) is 2.45. The Balaban J connectivity index is 1.87. The molecule has 0 radical (unpaired) electrons. The second-order valence-electron chi connectivity index (χ2n) is 4.05. The zero-order chi connectivity index (χ0) is 8.73. The SMILES string of the molecule is c1cc(N2CCC23CCC3)ncn1. The lowest BCUT2D eigenvalue weighted by Crippen LogP contribution is -2.64. The van der Waals surface area contributed by atoms with Gasteiger partial charge < -0.3 is 4.90 Å². The van der Waals surface area contributed by atoms with E-state index in [9.17, 15) is 0 Å². The second-order valence-corrected chi connectivity index (χ2v) is 4.05. The molecule has 1 aromatic heterocycles. The average molecular weight is 175 g/mol. The minimum atomic E-state index is 0.508. The molecule has 0 amide bonds. The molecule has 2 aliphatic rings. The van der Waals surface area contributed by atoms with Crippen LogP contribution in [0.25, 0.3) is 0 Å². The first-order valence-electron chi connectivity index (χ1n) is 4.94. The molecule has 2 heterocycles. The topological polar surface area (TPSA) is 29.0 Å². The van der Waals surface area contributed by atoms with Gasteiger partial charge in [-0.15, -0.1) is 0 Å². The largest absolute Gasteiger partial charge is 0.351 e. The van der Waals surface area contributed by atoms with E-state index in [2.05, 4.69) is 14.9 Å². The van der Waals surface area contributed by atoms with E-state index in [1.165, 1.54) is 32.2 Å². The molecule has 1 aromatic rings. The van der Waals surface area contributed by atoms with Gasteiger partial charge in [0.15, 0.2) is 0 Å². The molecule has 0 bridgehead atoms. The lowest BCUT2D eigenvalue weighted by molar-refractivity contribution is 0.150. The van der Waals surface area contributed by atoms with Crippen LogP contribution in [0.4, 0.5) is 5.82 Å². The molecule has 1 spiro atoms. The Labute approximate surface area is 77.8 Å². The molecule has 0 N–H and O–H groups in total. The van der Waals surface area contributed by atoms with Crippen molar-refractivity contribution in [3.8, 4) is 0 Å². The second kappa shape index (κ2) is 2.44. The first-order valence-corrected chi connectivity index (χ1v) is 4.94. The van der Waals surface area contributed by atoms with E-state index in [1.807, 2.05) is 12.3 Å². The summed E-state index contributed by atoms with van der Waals surface area (Å²) in [6.07, 6.45) is 8.93. The minimum absolute atomic E-state index is 0.508. The third kappa shape index (κ3) is 0.900. The van der Waals surface area contributed by atoms with Crippen LogP contribution in [0, 0.1) is 0 Å². The molecular weight excluding hydrogens is 162 g/mol. The van der Waals surface area contributed by atoms with Gasteiger partial charge in [0.05, 0.1) is 0 Å². The highest BCUT2D eigenvalue weighted by Gasteiger charge is 2.49. The highest BCUT2D eigenvalue weighted by atomic mass is 15.3. The van der Waals surface area contributed by atoms with E-state index < -0.39 is 0 Å². The quantitative estimate of drug-likeness (QED) is 0.649. The Morgan fingerprint density at radius 1 is 1.31 bits per heavy atom. The van der Waals surface area contributed by atoms with Gasteiger partial charge in [0.2, 0.25) is 0 Å². The van der Waals surface area contributed by atoms with E-state index >= 15 is 0 Å². The van der Waals surface area contributed by atoms with Crippen molar-refractivity contribution >= 4 is 5.82 Å². The number of aromatic nitrogens is 2. The van der Waals surface area contributed by atoms with Crippen molar-refractivity contribution < 1.29 is 0 Å². The molecule has 1 aliphatic heterocycles. The van der Waals surface area contributed by atoms with Crippen molar-refractivity contribution in [3.05, 3.63) is 18.6 Å². The van der Waals surface area contributed by atoms with E-state index in [0.29, 0.717) is 5.54 Å². The van der Waals surface area contributed by atoms with Gasteiger partial charge in [-0.25, -0.2) is 9.97 Å². The van der Waals surface area contributed by atoms with Crippen LogP contribution in [0.2, 0.25) is 0 Å². The summed E-state index contributed by atoms with van der Waals surface area (Å²) >= 11 is 0. The number of anilines is 1. The summed E-state index contributed by atoms with van der Waals surface area (Å²) in [7, 11) is 0. The molecule has 0 unspecified atom stereocenters. The fourth-order valence-corrected chi connectivity index (χ4v) is 2.45. The van der Waals surface area contributed by atoms with Crippen molar-refractivity contribution in [3.63, 3.8) is 0 Å². The molecule has 68 valence electrons. The lowest BCUT2D eigenvalue weighted by atomic mass is 9.68. The van der Waals surface area contributed by atoms with Crippen molar-refractivity contribution in [2.45, 2.75) is 31.2 Å². The van der Waals surface area contributed by atoms with Crippen LogP contribution in [0.1, 0.15) is 25.7 Å². The van der Waals surface area contributed by atoms with Crippen LogP contribution in [0.5, 0.6) is 0 Å². The van der Waals surface area contributed by atoms with Crippen molar-refractivity contribution in [1.82, 2.24) is 9.97 Å². The molecule has 3 heteroatoms. The van der Waals surface area contributed by atoms with Gasteiger partial charge in [0, 0.05) is 18.3 Å². The Kier molecular flexibility index (Phi) is 1.37. The number of hydrogen-bond donors (Lipinski definition) is 0. The van der Waals surface area contributed by atoms with Gasteiger partial charge >= 0.3 is 0 Å². The van der Waals surface area contributed by atoms with Crippen LogP contribution >= 0.6 is 0 Å². The summed E-state index contributed by atoms with van der Waals surface area (Å²) < 4.78 is 0. The van der Waals surface area contributed by atoms with Crippen LogP contribution in [0.3, 0.4) is 0 Å². The molecular formula is C10H13N3. The standard InChI is InChI=1S/C10H13N3/c1-3-10(4-1)5-7-13(10)9-2-6-11-8-12-9/h2,6,8H,1,3-5,7H2. The van der Waals surface area contributed by atoms with Gasteiger partial charge in [-0.05, 0) is 31.7 Å². The maximum atomic E-state index is 4.29. The molecule has 1 saturated carbocycles. The summed E-state index contributed by atoms with van der Waals surface area (Å²) in [6.45, 7) is 1.18. The van der Waals surface area contributed by atoms with Crippen LogP contribution < -0.4 is 4.90 Å². The third-order valence-electron chi connectivity index (χ3n) is 3.50. The first-order chi connectivity index (χ1) is 6.41. The molecule has 2 fully saturated rings. The Morgan fingerprint density at radius 2 is 2.23 bits per heavy atom. The summed E-state index contributed by atoms with van der Waals surface area (Å²) in [4.78, 5) is 10.7. The Hall–Kier alpha value is -1.12. The molecule has 1 aliphatic carbocycles. The van der Waals surface area contributed by atoms with Crippen molar-refractivity contribution in [2.24, 2.45) is 0 Å². The average Bonchev–Trinajstić information content (AvgIpc) is 2.01. The van der Waals surface area contributed by atoms with Crippen molar-refractivity contribution in [2.75, 3.05) is 11.4 Å². The van der Waals surface area contributed by atoms with E-state index in [-0.39, 0.29) is 0 Å². The molecule has 0 atom stereocenters. The maximum Gasteiger partial charge on any atom is 0.132 e. The van der Waals surface area contributed by atoms with E-state index in [0.717, 1.165) is 5.82 Å². The highest BCUT2D eigenvalue weighted by molar-refractivity contribution is 5.46. The predicted octanol–water partition coefficient (Wildman–Crippen LogP) is 1.61. The van der Waals surface area contributed by atoms with Gasteiger partial charge in [-0.3, -0.25) is 0 Å². The number of nitrogens with zero attached hydrogens (tertiary/aromatic N) is 3. The zero-order valence-corrected chi connectivity index (χ0v) is 7.61. The maximum absolute atomic E-state index is 4.29. The first kappa shape index (κ1) is 7.30. The predicted molar refractivity (Wildman–Crippen MR) is 50.6 cm³/mol. The van der Waals surface area contributed by atoms with Gasteiger partial charge in [0.1, 0.15) is 12.1 Å². The van der Waals surface area contributed by atoms with Gasteiger partial charge in [-0.1, -0.05) is 0 Å². The summed E-state index contributed by atoms with van der Waals surface area (Å²) in [5.74, 6) is 1.11. The molecule has 1 saturated heterocycles. The lowest BCUT2D eigenvalue weighted by Gasteiger charge is -2.59. The molecule has 13 heavy (non-hydrogen) atoms. The van der Waals surface area contributed by atoms with E-state index in [1.54, 1.807) is 6.33 Å². The molecule has 3 rings (SSSR count). The minimum Gasteiger partial charge on any atom is -0.351 e. The summed E-state index contributed by atoms with van der Waals surface area (Å²) in [5, 5.41) is 0. The van der Waals surface area contributed by atoms with Gasteiger partial charge in [-0.2, -0.15) is 0 Å². The number of hydrogen-bond acceptors (Lipinski definition) is 3. The highest BCUT2D eigenvalue weighted by Crippen LogP contribution is 2.48. The van der Waals surface area contributed by atoms with E-state index in [4.69, 9.17) is 0 Å². The van der Waals surface area contributed by atoms with Crippen molar-refractivity contribution in [1.29, 1.82) is 0 Å². The summed E-state index contributed by atoms with van der Waals surface area (Å²) in [5.41, 5.74) is 0.508. The summed E-state index contributed by atoms with van der Waals surface area (Å²) in [6, 6.07) is 2.01. The van der Waals surface area contributed by atoms with Crippen LogP contribution in [0.15, 0.2) is 18.6 Å². The number of rotatable bonds is 1. The van der Waals surface area contributed by atoms with Gasteiger partial charge in [0.25, 0.3) is 0 Å². The monoisotopic (exact) mass is 175 g/mol. The Morgan fingerprint density at radius 3 is 2.69 bits per heavy atom. The molecule has 3 nitrogen and oxygen atoms in total. The smallest absolute Gasteiger partial charge is 0.132 e. The zero-order valence-electron chi connectivity index (χ0n) is 7.61. The fraction of sp³-hybridized carbons (Fsp3) is 0.600. The third-order valence-corrected chi connectivity index (χ3v) is 3.50.